The van der Waals surface area contributed by atoms with E-state index in [9.17, 15) is 9.90 Å². The second kappa shape index (κ2) is 7.72. The van der Waals surface area contributed by atoms with E-state index in [4.69, 9.17) is 23.2 Å². The van der Waals surface area contributed by atoms with Crippen molar-refractivity contribution in [3.8, 4) is 5.75 Å². The number of amides is 1. The number of hydrogen-bond acceptors (Lipinski definition) is 3. The molecule has 0 spiro atoms. The van der Waals surface area contributed by atoms with Crippen LogP contribution in [0.25, 0.3) is 0 Å². The number of aromatic hydroxyl groups is 1. The summed E-state index contributed by atoms with van der Waals surface area (Å²) in [6.07, 6.45) is 0. The largest absolute Gasteiger partial charge is 0.506 e. The summed E-state index contributed by atoms with van der Waals surface area (Å²) in [5.41, 5.74) is 0.613. The van der Waals surface area contributed by atoms with E-state index in [0.29, 0.717) is 23.7 Å². The number of rotatable bonds is 6. The van der Waals surface area contributed by atoms with Gasteiger partial charge in [0.15, 0.2) is 0 Å². The first-order chi connectivity index (χ1) is 9.33. The molecular formula is C14H20Cl2N2O2. The van der Waals surface area contributed by atoms with Gasteiger partial charge in [-0.25, -0.2) is 0 Å². The molecule has 0 fully saturated rings. The van der Waals surface area contributed by atoms with Gasteiger partial charge in [0.25, 0.3) is 0 Å². The van der Waals surface area contributed by atoms with Gasteiger partial charge in [-0.3, -0.25) is 9.69 Å². The van der Waals surface area contributed by atoms with E-state index in [0.717, 1.165) is 0 Å². The Balaban J connectivity index is 2.76. The van der Waals surface area contributed by atoms with Crippen molar-refractivity contribution < 1.29 is 9.90 Å². The van der Waals surface area contributed by atoms with E-state index in [1.807, 2.05) is 25.7 Å². The molecule has 0 aliphatic rings. The predicted octanol–water partition coefficient (Wildman–Crippen LogP) is 3.05. The molecule has 0 aromatic heterocycles. The van der Waals surface area contributed by atoms with Crippen LogP contribution in [0.4, 0.5) is 0 Å². The molecule has 0 unspecified atom stereocenters. The lowest BCUT2D eigenvalue weighted by Crippen LogP contribution is -2.39. The van der Waals surface area contributed by atoms with Crippen LogP contribution in [-0.4, -0.2) is 35.0 Å². The van der Waals surface area contributed by atoms with Gasteiger partial charge in [-0.1, -0.05) is 30.1 Å². The Kier molecular flexibility index (Phi) is 6.59. The van der Waals surface area contributed by atoms with Gasteiger partial charge >= 0.3 is 0 Å². The van der Waals surface area contributed by atoms with Crippen LogP contribution in [0.1, 0.15) is 26.3 Å². The second-order valence-electron chi connectivity index (χ2n) is 4.92. The Morgan fingerprint density at radius 1 is 1.40 bits per heavy atom. The first kappa shape index (κ1) is 17.1. The summed E-state index contributed by atoms with van der Waals surface area (Å²) < 4.78 is 0. The highest BCUT2D eigenvalue weighted by atomic mass is 35.5. The highest BCUT2D eigenvalue weighted by Crippen LogP contribution is 2.31. The lowest BCUT2D eigenvalue weighted by atomic mass is 10.2. The number of carbonyl (C=O) groups is 1. The molecule has 0 heterocycles. The molecule has 1 amide bonds. The van der Waals surface area contributed by atoms with Gasteiger partial charge in [0.1, 0.15) is 5.75 Å². The Hall–Kier alpha value is -0.970. The van der Waals surface area contributed by atoms with Gasteiger partial charge in [0, 0.05) is 23.2 Å². The Bertz CT molecular complexity index is 478. The zero-order valence-corrected chi connectivity index (χ0v) is 13.4. The molecule has 1 aromatic rings. The molecule has 6 heteroatoms. The molecule has 112 valence electrons. The molecule has 0 atom stereocenters. The van der Waals surface area contributed by atoms with Crippen LogP contribution >= 0.6 is 23.2 Å². The third-order valence-electron chi connectivity index (χ3n) is 2.77. The maximum Gasteiger partial charge on any atom is 0.234 e. The number of benzene rings is 1. The zero-order chi connectivity index (χ0) is 15.3. The van der Waals surface area contributed by atoms with Crippen LogP contribution in [0, 0.1) is 0 Å². The van der Waals surface area contributed by atoms with Crippen molar-refractivity contribution in [2.75, 3.05) is 13.1 Å². The van der Waals surface area contributed by atoms with E-state index in [2.05, 4.69) is 5.32 Å². The zero-order valence-electron chi connectivity index (χ0n) is 11.9. The average Bonchev–Trinajstić information content (AvgIpc) is 2.33. The molecule has 0 aliphatic carbocycles. The fourth-order valence-corrected chi connectivity index (χ4v) is 2.37. The molecule has 2 N–H and O–H groups in total. The van der Waals surface area contributed by atoms with E-state index in [1.54, 1.807) is 6.07 Å². The smallest absolute Gasteiger partial charge is 0.234 e. The van der Waals surface area contributed by atoms with Crippen molar-refractivity contribution in [1.82, 2.24) is 10.2 Å². The molecule has 0 bridgehead atoms. The normalized spacial score (nSPS) is 11.2. The number of halogens is 2. The van der Waals surface area contributed by atoms with Gasteiger partial charge in [-0.05, 0) is 32.5 Å². The molecule has 0 saturated heterocycles. The fraction of sp³-hybridized carbons (Fsp3) is 0.500. The number of nitrogens with zero attached hydrogens (tertiary/aromatic N) is 1. The summed E-state index contributed by atoms with van der Waals surface area (Å²) in [6.45, 7) is 7.13. The van der Waals surface area contributed by atoms with Crippen molar-refractivity contribution in [1.29, 1.82) is 0 Å². The lowest BCUT2D eigenvalue weighted by Gasteiger charge is -2.21. The van der Waals surface area contributed by atoms with E-state index < -0.39 is 0 Å². The lowest BCUT2D eigenvalue weighted by molar-refractivity contribution is -0.122. The van der Waals surface area contributed by atoms with E-state index in [-0.39, 0.29) is 29.3 Å². The van der Waals surface area contributed by atoms with Gasteiger partial charge < -0.3 is 10.4 Å². The third kappa shape index (κ3) is 5.19. The van der Waals surface area contributed by atoms with Gasteiger partial charge in [0.05, 0.1) is 11.6 Å². The minimum absolute atomic E-state index is 0.0128. The number of phenols is 1. The fourth-order valence-electron chi connectivity index (χ4n) is 1.83. The van der Waals surface area contributed by atoms with Crippen molar-refractivity contribution in [2.24, 2.45) is 0 Å². The van der Waals surface area contributed by atoms with Crippen molar-refractivity contribution in [3.63, 3.8) is 0 Å². The van der Waals surface area contributed by atoms with Crippen molar-refractivity contribution in [2.45, 2.75) is 33.4 Å². The average molecular weight is 319 g/mol. The maximum atomic E-state index is 11.8. The molecule has 0 aliphatic heterocycles. The Morgan fingerprint density at radius 2 is 2.05 bits per heavy atom. The summed E-state index contributed by atoms with van der Waals surface area (Å²) in [7, 11) is 0. The second-order valence-corrected chi connectivity index (χ2v) is 5.76. The molecule has 0 radical (unpaired) electrons. The first-order valence-electron chi connectivity index (χ1n) is 6.52. The number of carbonyl (C=O) groups excluding carboxylic acids is 1. The van der Waals surface area contributed by atoms with Crippen LogP contribution in [0.15, 0.2) is 12.1 Å². The summed E-state index contributed by atoms with van der Waals surface area (Å²) >= 11 is 11.8. The summed E-state index contributed by atoms with van der Waals surface area (Å²) in [5, 5.41) is 13.4. The maximum absolute atomic E-state index is 11.8. The predicted molar refractivity (Wildman–Crippen MR) is 82.4 cm³/mol. The SMILES string of the molecule is CCN(CC(=O)NC(C)C)Cc1cc(Cl)cc(Cl)c1O. The molecule has 1 rings (SSSR count). The number of likely N-dealkylation sites (N-methyl/N-ethyl adjacent to an activating group) is 1. The Morgan fingerprint density at radius 3 is 2.60 bits per heavy atom. The van der Waals surface area contributed by atoms with Gasteiger partial charge in [0.2, 0.25) is 5.91 Å². The molecule has 20 heavy (non-hydrogen) atoms. The summed E-state index contributed by atoms with van der Waals surface area (Å²) in [4.78, 5) is 13.7. The molecule has 4 nitrogen and oxygen atoms in total. The number of nitrogens with one attached hydrogen (secondary N) is 1. The topological polar surface area (TPSA) is 52.6 Å². The monoisotopic (exact) mass is 318 g/mol. The van der Waals surface area contributed by atoms with Crippen LogP contribution in [0.2, 0.25) is 10.0 Å². The first-order valence-corrected chi connectivity index (χ1v) is 7.27. The van der Waals surface area contributed by atoms with Crippen LogP contribution < -0.4 is 5.32 Å². The van der Waals surface area contributed by atoms with Crippen LogP contribution in [-0.2, 0) is 11.3 Å². The summed E-state index contributed by atoms with van der Waals surface area (Å²) in [6, 6.07) is 3.25. The molecule has 1 aromatic carbocycles. The quantitative estimate of drug-likeness (QED) is 0.847. The minimum atomic E-state index is -0.0468. The van der Waals surface area contributed by atoms with Crippen molar-refractivity contribution in [3.05, 3.63) is 27.7 Å². The third-order valence-corrected chi connectivity index (χ3v) is 3.27. The standard InChI is InChI=1S/C14H20Cl2N2O2/c1-4-18(8-13(19)17-9(2)3)7-10-5-11(15)6-12(16)14(10)20/h5-6,9,20H,4,7-8H2,1-3H3,(H,17,19). The van der Waals surface area contributed by atoms with Crippen LogP contribution in [0.3, 0.4) is 0 Å². The van der Waals surface area contributed by atoms with Gasteiger partial charge in [-0.2, -0.15) is 0 Å². The van der Waals surface area contributed by atoms with E-state index >= 15 is 0 Å². The highest BCUT2D eigenvalue weighted by Gasteiger charge is 2.14. The molecule has 0 saturated carbocycles. The molecular weight excluding hydrogens is 299 g/mol. The Labute approximate surface area is 129 Å². The summed E-state index contributed by atoms with van der Waals surface area (Å²) in [5.74, 6) is -0.0340. The number of hydrogen-bond donors (Lipinski definition) is 2. The van der Waals surface area contributed by atoms with E-state index in [1.165, 1.54) is 6.07 Å². The minimum Gasteiger partial charge on any atom is -0.506 e. The highest BCUT2D eigenvalue weighted by molar-refractivity contribution is 6.35. The van der Waals surface area contributed by atoms with Crippen molar-refractivity contribution >= 4 is 29.1 Å². The number of phenolic OH excluding ortho intramolecular Hbond substituents is 1. The van der Waals surface area contributed by atoms with Crippen LogP contribution in [0.5, 0.6) is 5.75 Å². The van der Waals surface area contributed by atoms with Gasteiger partial charge in [-0.15, -0.1) is 0 Å².